The zero-order valence-electron chi connectivity index (χ0n) is 25.0. The van der Waals surface area contributed by atoms with Crippen molar-refractivity contribution in [3.8, 4) is 0 Å². The molecule has 3 aliphatic heterocycles. The van der Waals surface area contributed by atoms with Crippen molar-refractivity contribution >= 4 is 40.7 Å². The number of nitrogens with zero attached hydrogens (tertiary/aromatic N) is 1. The molecule has 2 saturated carbocycles. The number of halogens is 2. The van der Waals surface area contributed by atoms with E-state index in [0.717, 1.165) is 81.3 Å². The third-order valence-corrected chi connectivity index (χ3v) is 11.9. The number of benzene rings is 2. The molecule has 2 aromatic rings. The van der Waals surface area contributed by atoms with Gasteiger partial charge in [0.15, 0.2) is 0 Å². The Morgan fingerprint density at radius 3 is 2.35 bits per heavy atom. The van der Waals surface area contributed by atoms with E-state index in [2.05, 4.69) is 34.7 Å². The summed E-state index contributed by atoms with van der Waals surface area (Å²) in [6, 6.07) is 13.3. The Bertz CT molecular complexity index is 1420. The van der Waals surface area contributed by atoms with Gasteiger partial charge in [-0.2, -0.15) is 0 Å². The van der Waals surface area contributed by atoms with Crippen molar-refractivity contribution in [1.29, 1.82) is 0 Å². The van der Waals surface area contributed by atoms with Crippen molar-refractivity contribution in [2.24, 2.45) is 5.41 Å². The van der Waals surface area contributed by atoms with Gasteiger partial charge in [0.25, 0.3) is 0 Å². The minimum Gasteiger partial charge on any atom is -0.390 e. The summed E-state index contributed by atoms with van der Waals surface area (Å²) in [6.07, 6.45) is 7.08. The van der Waals surface area contributed by atoms with Crippen LogP contribution in [-0.4, -0.2) is 64.7 Å². The molecule has 0 aromatic heterocycles. The second-order valence-electron chi connectivity index (χ2n) is 14.5. The zero-order chi connectivity index (χ0) is 30.1. The zero-order valence-corrected chi connectivity index (χ0v) is 26.5. The summed E-state index contributed by atoms with van der Waals surface area (Å²) >= 11 is 13.0. The van der Waals surface area contributed by atoms with Crippen LogP contribution in [0.1, 0.15) is 82.3 Å². The SMILES string of the molecule is CC1(C)CCC2(CC1)N[C@@H](C(=O)N[C@H]1CC[C@H](N3CC(O)C3)CC1)[C@H](c1cccc(Cl)c1)[C@]21C(=O)Nc2cc(Cl)ccc21. The van der Waals surface area contributed by atoms with E-state index >= 15 is 0 Å². The lowest BCUT2D eigenvalue weighted by Gasteiger charge is -2.50. The molecule has 5 aliphatic rings. The minimum absolute atomic E-state index is 0.0518. The highest BCUT2D eigenvalue weighted by atomic mass is 35.5. The Labute approximate surface area is 264 Å². The van der Waals surface area contributed by atoms with E-state index in [1.807, 2.05) is 42.5 Å². The Hall–Kier alpha value is -2.16. The van der Waals surface area contributed by atoms with Gasteiger partial charge in [0, 0.05) is 52.4 Å². The molecule has 2 amide bonds. The Morgan fingerprint density at radius 1 is 0.977 bits per heavy atom. The van der Waals surface area contributed by atoms with Gasteiger partial charge in [-0.3, -0.25) is 19.8 Å². The number of rotatable bonds is 4. The molecule has 9 heteroatoms. The maximum atomic E-state index is 14.6. The first-order valence-corrected chi connectivity index (χ1v) is 16.6. The van der Waals surface area contributed by atoms with E-state index in [9.17, 15) is 14.7 Å². The predicted molar refractivity (Wildman–Crippen MR) is 170 cm³/mol. The van der Waals surface area contributed by atoms with Crippen LogP contribution in [0.2, 0.25) is 10.0 Å². The fourth-order valence-electron chi connectivity index (χ4n) is 9.05. The summed E-state index contributed by atoms with van der Waals surface area (Å²) in [6.45, 7) is 6.09. The summed E-state index contributed by atoms with van der Waals surface area (Å²) in [7, 11) is 0. The second-order valence-corrected chi connectivity index (χ2v) is 15.3. The highest BCUT2D eigenvalue weighted by Gasteiger charge is 2.72. The Balaban J connectivity index is 1.27. The van der Waals surface area contributed by atoms with E-state index in [0.29, 0.717) is 16.1 Å². The van der Waals surface area contributed by atoms with Gasteiger partial charge in [-0.15, -0.1) is 0 Å². The van der Waals surface area contributed by atoms with Crippen LogP contribution in [0.5, 0.6) is 0 Å². The van der Waals surface area contributed by atoms with Crippen LogP contribution in [0.3, 0.4) is 0 Å². The Kier molecular flexibility index (Phi) is 7.37. The van der Waals surface area contributed by atoms with Crippen LogP contribution in [-0.2, 0) is 15.0 Å². The molecule has 7 rings (SSSR count). The van der Waals surface area contributed by atoms with Gasteiger partial charge >= 0.3 is 0 Å². The summed E-state index contributed by atoms with van der Waals surface area (Å²) < 4.78 is 0. The minimum atomic E-state index is -1.01. The molecule has 7 nitrogen and oxygen atoms in total. The molecule has 3 atom stereocenters. The molecular formula is C34H42Cl2N4O3. The van der Waals surface area contributed by atoms with Crippen molar-refractivity contribution in [3.63, 3.8) is 0 Å². The summed E-state index contributed by atoms with van der Waals surface area (Å²) in [5, 5.41) is 21.4. The molecule has 0 unspecified atom stereocenters. The third-order valence-electron chi connectivity index (χ3n) is 11.4. The van der Waals surface area contributed by atoms with Crippen LogP contribution in [0.25, 0.3) is 0 Å². The number of likely N-dealkylation sites (tertiary alicyclic amines) is 1. The molecule has 2 aromatic carbocycles. The van der Waals surface area contributed by atoms with E-state index in [1.165, 1.54) is 0 Å². The van der Waals surface area contributed by atoms with Crippen molar-refractivity contribution in [3.05, 3.63) is 63.6 Å². The smallest absolute Gasteiger partial charge is 0.238 e. The topological polar surface area (TPSA) is 93.7 Å². The first-order valence-electron chi connectivity index (χ1n) is 15.9. The van der Waals surface area contributed by atoms with E-state index < -0.39 is 22.9 Å². The fourth-order valence-corrected chi connectivity index (χ4v) is 9.42. The quantitative estimate of drug-likeness (QED) is 0.366. The normalized spacial score (nSPS) is 33.3. The van der Waals surface area contributed by atoms with E-state index in [4.69, 9.17) is 23.2 Å². The molecule has 4 fully saturated rings. The number of fused-ring (bicyclic) bond motifs is 3. The second kappa shape index (κ2) is 10.7. The van der Waals surface area contributed by atoms with Crippen molar-refractivity contribution < 1.29 is 14.7 Å². The van der Waals surface area contributed by atoms with Crippen molar-refractivity contribution in [2.45, 2.75) is 106 Å². The predicted octanol–water partition coefficient (Wildman–Crippen LogP) is 5.38. The monoisotopic (exact) mass is 624 g/mol. The molecule has 4 N–H and O–H groups in total. The first kappa shape index (κ1) is 29.5. The lowest BCUT2D eigenvalue weighted by atomic mass is 9.53. The first-order chi connectivity index (χ1) is 20.5. The third kappa shape index (κ3) is 4.82. The van der Waals surface area contributed by atoms with Crippen molar-refractivity contribution in [1.82, 2.24) is 15.5 Å². The van der Waals surface area contributed by atoms with Crippen LogP contribution >= 0.6 is 23.2 Å². The number of carbonyl (C=O) groups is 2. The molecular weight excluding hydrogens is 583 g/mol. The van der Waals surface area contributed by atoms with Gasteiger partial charge in [-0.05, 0) is 92.2 Å². The number of hydrogen-bond acceptors (Lipinski definition) is 5. The number of carbonyl (C=O) groups excluding carboxylic acids is 2. The fraction of sp³-hybridized carbons (Fsp3) is 0.588. The molecule has 2 aliphatic carbocycles. The summed E-state index contributed by atoms with van der Waals surface area (Å²) in [5.41, 5.74) is 1.06. The number of hydrogen-bond donors (Lipinski definition) is 4. The van der Waals surface area contributed by atoms with Crippen LogP contribution in [0, 0.1) is 5.41 Å². The number of anilines is 1. The average molecular weight is 626 g/mol. The molecule has 2 saturated heterocycles. The van der Waals surface area contributed by atoms with Crippen molar-refractivity contribution in [2.75, 3.05) is 18.4 Å². The summed E-state index contributed by atoms with van der Waals surface area (Å²) in [4.78, 5) is 31.4. The number of nitrogens with one attached hydrogen (secondary N) is 3. The maximum Gasteiger partial charge on any atom is 0.238 e. The maximum absolute atomic E-state index is 14.6. The highest BCUT2D eigenvalue weighted by Crippen LogP contribution is 2.63. The standard InChI is InChI=1S/C34H42Cl2N4O3/c1-32(2)12-14-33(15-13-32)34(26-11-6-22(36)17-27(26)38-31(34)43)28(20-4-3-5-21(35)16-20)29(39-33)30(42)37-23-7-9-24(10-8-23)40-18-25(41)19-40/h3-6,11,16-17,23-25,28-29,39,41H,7-10,12-15,18-19H2,1-2H3,(H,37,42)(H,38,43)/t23-,24-,28-,29+,34+/m0/s1. The lowest BCUT2D eigenvalue weighted by molar-refractivity contribution is -0.125. The Morgan fingerprint density at radius 2 is 1.67 bits per heavy atom. The van der Waals surface area contributed by atoms with E-state index in [1.54, 1.807) is 0 Å². The number of amides is 2. The number of aliphatic hydroxyl groups is 1. The molecule has 0 bridgehead atoms. The largest absolute Gasteiger partial charge is 0.390 e. The van der Waals surface area contributed by atoms with Gasteiger partial charge in [0.05, 0.1) is 12.1 Å². The average Bonchev–Trinajstić information content (AvgIpc) is 3.41. The number of aliphatic hydroxyl groups excluding tert-OH is 1. The van der Waals surface area contributed by atoms with Gasteiger partial charge in [-0.25, -0.2) is 0 Å². The van der Waals surface area contributed by atoms with Gasteiger partial charge in [-0.1, -0.05) is 55.2 Å². The van der Waals surface area contributed by atoms with Gasteiger partial charge in [0.1, 0.15) is 5.41 Å². The van der Waals surface area contributed by atoms with Crippen LogP contribution in [0.4, 0.5) is 5.69 Å². The van der Waals surface area contributed by atoms with Gasteiger partial charge < -0.3 is 15.7 Å². The van der Waals surface area contributed by atoms with Crippen LogP contribution < -0.4 is 16.0 Å². The molecule has 230 valence electrons. The molecule has 43 heavy (non-hydrogen) atoms. The lowest BCUT2D eigenvalue weighted by Crippen LogP contribution is -2.61. The molecule has 0 radical (unpaired) electrons. The highest BCUT2D eigenvalue weighted by molar-refractivity contribution is 6.31. The van der Waals surface area contributed by atoms with Crippen LogP contribution in [0.15, 0.2) is 42.5 Å². The number of β-amino-alcohol motifs (C(OH)–C–C–N with tert-alkyl or cyclic N) is 1. The summed E-state index contributed by atoms with van der Waals surface area (Å²) in [5.74, 6) is -0.590. The molecule has 2 spiro atoms. The molecule has 3 heterocycles. The van der Waals surface area contributed by atoms with E-state index in [-0.39, 0.29) is 29.4 Å². The van der Waals surface area contributed by atoms with Gasteiger partial charge in [0.2, 0.25) is 11.8 Å².